The normalized spacial score (nSPS) is 13.9. The minimum atomic E-state index is -0.485. The first-order chi connectivity index (χ1) is 16.1. The number of hydrogen-bond donors (Lipinski definition) is 1. The summed E-state index contributed by atoms with van der Waals surface area (Å²) in [7, 11) is 0. The van der Waals surface area contributed by atoms with E-state index >= 15 is 0 Å². The Kier molecular flexibility index (Phi) is 5.97. The molecule has 2 aromatic heterocycles. The Balaban J connectivity index is 1.12. The Morgan fingerprint density at radius 2 is 1.55 bits per heavy atom. The third-order valence-corrected chi connectivity index (χ3v) is 7.92. The monoisotopic (exact) mass is 479 g/mol. The average molecular weight is 480 g/mol. The number of piperazine rings is 1. The smallest absolute Gasteiger partial charge is 0.348 e. The molecule has 33 heavy (non-hydrogen) atoms. The van der Waals surface area contributed by atoms with Crippen LogP contribution in [0.5, 0.6) is 0 Å². The summed E-state index contributed by atoms with van der Waals surface area (Å²) in [5.41, 5.74) is 0.731. The fraction of sp³-hybridized carbons (Fsp3) is 0.208. The predicted molar refractivity (Wildman–Crippen MR) is 131 cm³/mol. The average Bonchev–Trinajstić information content (AvgIpc) is 3.41. The fourth-order valence-electron chi connectivity index (χ4n) is 3.77. The van der Waals surface area contributed by atoms with E-state index < -0.39 is 5.97 Å². The number of thiophene rings is 2. The van der Waals surface area contributed by atoms with E-state index in [0.29, 0.717) is 31.1 Å². The minimum absolute atomic E-state index is 0.190. The maximum Gasteiger partial charge on any atom is 0.348 e. The van der Waals surface area contributed by atoms with Crippen LogP contribution >= 0.6 is 22.7 Å². The van der Waals surface area contributed by atoms with Gasteiger partial charge in [0.1, 0.15) is 4.88 Å². The highest BCUT2D eigenvalue weighted by Gasteiger charge is 2.25. The molecule has 0 saturated carbocycles. The van der Waals surface area contributed by atoms with Crippen LogP contribution in [0.25, 0.3) is 19.5 Å². The number of para-hydroxylation sites is 1. The summed E-state index contributed by atoms with van der Waals surface area (Å²) in [4.78, 5) is 41.2. The number of ether oxygens (including phenoxy) is 1. The second-order valence-corrected chi connectivity index (χ2v) is 9.78. The van der Waals surface area contributed by atoms with E-state index in [9.17, 15) is 14.4 Å². The summed E-state index contributed by atoms with van der Waals surface area (Å²) in [6.07, 6.45) is 0. The largest absolute Gasteiger partial charge is 0.451 e. The number of nitrogens with one attached hydrogen (secondary N) is 1. The van der Waals surface area contributed by atoms with Gasteiger partial charge in [-0.2, -0.15) is 0 Å². The highest BCUT2D eigenvalue weighted by atomic mass is 32.1. The van der Waals surface area contributed by atoms with Crippen molar-refractivity contribution in [2.75, 3.05) is 38.1 Å². The summed E-state index contributed by atoms with van der Waals surface area (Å²) >= 11 is 3.03. The third kappa shape index (κ3) is 4.55. The maximum atomic E-state index is 12.5. The quantitative estimate of drug-likeness (QED) is 0.432. The standard InChI is InChI=1S/C24H21N3O4S2/c28-21(26-10-12-27(13-11-26)24(30)25-16-6-2-1-3-7-16)15-31-23(29)20-14-19-22(33-20)17-8-4-5-9-18(17)32-19/h1-9,14H,10-13,15H2,(H,25,30). The van der Waals surface area contributed by atoms with Gasteiger partial charge in [0.2, 0.25) is 0 Å². The summed E-state index contributed by atoms with van der Waals surface area (Å²) in [6.45, 7) is 1.35. The molecule has 0 unspecified atom stereocenters. The van der Waals surface area contributed by atoms with Gasteiger partial charge in [-0.05, 0) is 24.3 Å². The van der Waals surface area contributed by atoms with E-state index in [1.807, 2.05) is 54.6 Å². The van der Waals surface area contributed by atoms with E-state index in [1.54, 1.807) is 21.1 Å². The number of nitrogens with zero attached hydrogens (tertiary/aromatic N) is 2. The Hall–Kier alpha value is -3.43. The van der Waals surface area contributed by atoms with Crippen molar-refractivity contribution in [2.24, 2.45) is 0 Å². The van der Waals surface area contributed by atoms with Crippen LogP contribution in [0.2, 0.25) is 0 Å². The van der Waals surface area contributed by atoms with Crippen molar-refractivity contribution in [3.8, 4) is 0 Å². The summed E-state index contributed by atoms with van der Waals surface area (Å²) in [6, 6.07) is 19.0. The fourth-order valence-corrected chi connectivity index (χ4v) is 6.19. The highest BCUT2D eigenvalue weighted by molar-refractivity contribution is 7.33. The van der Waals surface area contributed by atoms with Gasteiger partial charge >= 0.3 is 12.0 Å². The van der Waals surface area contributed by atoms with Gasteiger partial charge in [0, 0.05) is 46.7 Å². The van der Waals surface area contributed by atoms with Crippen LogP contribution in [-0.4, -0.2) is 60.5 Å². The molecule has 3 amide bonds. The van der Waals surface area contributed by atoms with Crippen LogP contribution in [0.1, 0.15) is 9.67 Å². The molecule has 5 rings (SSSR count). The third-order valence-electron chi connectivity index (χ3n) is 5.52. The highest BCUT2D eigenvalue weighted by Crippen LogP contribution is 2.39. The first-order valence-corrected chi connectivity index (χ1v) is 12.2. The molecule has 0 aliphatic carbocycles. The number of carbonyl (C=O) groups excluding carboxylic acids is 3. The van der Waals surface area contributed by atoms with Crippen molar-refractivity contribution >= 4 is 65.8 Å². The van der Waals surface area contributed by atoms with Crippen LogP contribution in [0.3, 0.4) is 0 Å². The molecular formula is C24H21N3O4S2. The number of hydrogen-bond acceptors (Lipinski definition) is 6. The number of anilines is 1. The minimum Gasteiger partial charge on any atom is -0.451 e. The molecule has 1 fully saturated rings. The lowest BCUT2D eigenvalue weighted by atomic mass is 10.2. The van der Waals surface area contributed by atoms with Gasteiger partial charge in [0.15, 0.2) is 6.61 Å². The molecule has 1 aliphatic rings. The predicted octanol–water partition coefficient (Wildman–Crippen LogP) is 4.65. The molecule has 0 spiro atoms. The van der Waals surface area contributed by atoms with E-state index in [2.05, 4.69) is 11.4 Å². The lowest BCUT2D eigenvalue weighted by Gasteiger charge is -2.34. The van der Waals surface area contributed by atoms with Crippen molar-refractivity contribution in [1.82, 2.24) is 9.80 Å². The van der Waals surface area contributed by atoms with Crippen molar-refractivity contribution in [1.29, 1.82) is 0 Å². The van der Waals surface area contributed by atoms with Crippen LogP contribution in [0.4, 0.5) is 10.5 Å². The molecule has 0 bridgehead atoms. The number of rotatable bonds is 4. The summed E-state index contributed by atoms with van der Waals surface area (Å²) in [5, 5.41) is 3.98. The number of esters is 1. The molecule has 3 heterocycles. The molecule has 0 radical (unpaired) electrons. The molecule has 2 aromatic carbocycles. The van der Waals surface area contributed by atoms with Gasteiger partial charge in [-0.3, -0.25) is 4.79 Å². The van der Waals surface area contributed by atoms with E-state index in [0.717, 1.165) is 20.5 Å². The Bertz CT molecular complexity index is 1320. The first-order valence-electron chi connectivity index (χ1n) is 10.6. The van der Waals surface area contributed by atoms with Gasteiger partial charge in [-0.15, -0.1) is 22.7 Å². The van der Waals surface area contributed by atoms with Crippen molar-refractivity contribution in [2.45, 2.75) is 0 Å². The molecule has 7 nitrogen and oxygen atoms in total. The molecule has 9 heteroatoms. The Labute approximate surface area is 198 Å². The Morgan fingerprint density at radius 1 is 0.848 bits per heavy atom. The maximum absolute atomic E-state index is 12.5. The van der Waals surface area contributed by atoms with Crippen LogP contribution < -0.4 is 5.32 Å². The number of fused-ring (bicyclic) bond motifs is 3. The van der Waals surface area contributed by atoms with Gasteiger partial charge in [0.05, 0.1) is 4.70 Å². The topological polar surface area (TPSA) is 79.0 Å². The molecular weight excluding hydrogens is 458 g/mol. The van der Waals surface area contributed by atoms with Crippen molar-refractivity contribution in [3.05, 3.63) is 65.5 Å². The van der Waals surface area contributed by atoms with Gasteiger partial charge < -0.3 is 19.9 Å². The zero-order valence-corrected chi connectivity index (χ0v) is 19.3. The van der Waals surface area contributed by atoms with E-state index in [1.165, 1.54) is 16.0 Å². The zero-order valence-electron chi connectivity index (χ0n) is 17.7. The lowest BCUT2D eigenvalue weighted by Crippen LogP contribution is -2.52. The Morgan fingerprint density at radius 3 is 2.33 bits per heavy atom. The number of urea groups is 1. The second kappa shape index (κ2) is 9.21. The second-order valence-electron chi connectivity index (χ2n) is 7.64. The molecule has 1 saturated heterocycles. The molecule has 1 aliphatic heterocycles. The molecule has 1 N–H and O–H groups in total. The van der Waals surface area contributed by atoms with Gasteiger partial charge in [0.25, 0.3) is 5.91 Å². The number of carbonyl (C=O) groups is 3. The van der Waals surface area contributed by atoms with E-state index in [-0.39, 0.29) is 18.5 Å². The van der Waals surface area contributed by atoms with Crippen LogP contribution in [0.15, 0.2) is 60.7 Å². The SMILES string of the molecule is O=C(OCC(=O)N1CCN(C(=O)Nc2ccccc2)CC1)c1cc2sc3ccccc3c2s1. The zero-order chi connectivity index (χ0) is 22.8. The van der Waals surface area contributed by atoms with Crippen molar-refractivity contribution in [3.63, 3.8) is 0 Å². The van der Waals surface area contributed by atoms with Gasteiger partial charge in [-0.25, -0.2) is 9.59 Å². The van der Waals surface area contributed by atoms with E-state index in [4.69, 9.17) is 4.74 Å². The number of benzene rings is 2. The van der Waals surface area contributed by atoms with Gasteiger partial charge in [-0.1, -0.05) is 36.4 Å². The number of amides is 3. The van der Waals surface area contributed by atoms with Crippen molar-refractivity contribution < 1.29 is 19.1 Å². The molecule has 4 aromatic rings. The first kappa shape index (κ1) is 21.4. The lowest BCUT2D eigenvalue weighted by molar-refractivity contribution is -0.135. The molecule has 168 valence electrons. The van der Waals surface area contributed by atoms with Crippen LogP contribution in [-0.2, 0) is 9.53 Å². The summed E-state index contributed by atoms with van der Waals surface area (Å²) < 4.78 is 8.60. The summed E-state index contributed by atoms with van der Waals surface area (Å²) in [5.74, 6) is -0.739. The van der Waals surface area contributed by atoms with Crippen LogP contribution in [0, 0.1) is 0 Å². The molecule has 0 atom stereocenters.